The summed E-state index contributed by atoms with van der Waals surface area (Å²) >= 11 is 6.03. The van der Waals surface area contributed by atoms with Gasteiger partial charge in [-0.3, -0.25) is 9.69 Å². The number of anilines is 1. The summed E-state index contributed by atoms with van der Waals surface area (Å²) < 4.78 is 0. The predicted octanol–water partition coefficient (Wildman–Crippen LogP) is 2.50. The van der Waals surface area contributed by atoms with Crippen molar-refractivity contribution in [3.8, 4) is 0 Å². The fraction of sp³-hybridized carbons (Fsp3) is 0.467. The van der Waals surface area contributed by atoms with E-state index in [4.69, 9.17) is 11.6 Å². The fourth-order valence-corrected chi connectivity index (χ4v) is 2.60. The van der Waals surface area contributed by atoms with Crippen molar-refractivity contribution in [2.45, 2.75) is 19.8 Å². The van der Waals surface area contributed by atoms with Crippen LogP contribution in [0.25, 0.3) is 0 Å². The van der Waals surface area contributed by atoms with Crippen molar-refractivity contribution in [2.75, 3.05) is 25.0 Å². The second-order valence-corrected chi connectivity index (χ2v) is 5.69. The Kier molecular flexibility index (Phi) is 5.15. The number of nitrogens with one attached hydrogen (secondary N) is 1. The summed E-state index contributed by atoms with van der Waals surface area (Å²) in [6, 6.07) is 5.46. The number of aldehydes is 1. The zero-order valence-corrected chi connectivity index (χ0v) is 12.3. The van der Waals surface area contributed by atoms with Gasteiger partial charge >= 0.3 is 0 Å². The molecule has 20 heavy (non-hydrogen) atoms. The molecule has 0 saturated carbocycles. The Bertz CT molecular complexity index is 505. The predicted molar refractivity (Wildman–Crippen MR) is 80.0 cm³/mol. The fourth-order valence-electron chi connectivity index (χ4n) is 2.42. The minimum Gasteiger partial charge on any atom is -0.325 e. The van der Waals surface area contributed by atoms with Gasteiger partial charge < -0.3 is 10.1 Å². The SMILES string of the molecule is Cc1ccc(NC(=O)CN2CCCC(C=O)C2)cc1Cl. The topological polar surface area (TPSA) is 49.4 Å². The summed E-state index contributed by atoms with van der Waals surface area (Å²) in [6.07, 6.45) is 2.88. The molecule has 1 unspecified atom stereocenters. The number of hydrogen-bond acceptors (Lipinski definition) is 3. The monoisotopic (exact) mass is 294 g/mol. The average molecular weight is 295 g/mol. The number of rotatable bonds is 4. The first-order valence-electron chi connectivity index (χ1n) is 6.82. The Labute approximate surface area is 124 Å². The lowest BCUT2D eigenvalue weighted by Crippen LogP contribution is -2.40. The third-order valence-corrected chi connectivity index (χ3v) is 3.96. The number of halogens is 1. The van der Waals surface area contributed by atoms with Crippen LogP contribution in [0.4, 0.5) is 5.69 Å². The first-order chi connectivity index (χ1) is 9.58. The molecule has 5 heteroatoms. The molecule has 1 amide bonds. The van der Waals surface area contributed by atoms with Crippen LogP contribution in [0.5, 0.6) is 0 Å². The van der Waals surface area contributed by atoms with Gasteiger partial charge in [0.15, 0.2) is 0 Å². The van der Waals surface area contributed by atoms with Gasteiger partial charge in [-0.15, -0.1) is 0 Å². The van der Waals surface area contributed by atoms with Crippen molar-refractivity contribution in [3.05, 3.63) is 28.8 Å². The van der Waals surface area contributed by atoms with E-state index in [9.17, 15) is 9.59 Å². The average Bonchev–Trinajstić information content (AvgIpc) is 2.43. The van der Waals surface area contributed by atoms with Gasteiger partial charge in [-0.1, -0.05) is 17.7 Å². The number of hydrogen-bond donors (Lipinski definition) is 1. The molecule has 0 aromatic heterocycles. The van der Waals surface area contributed by atoms with Crippen LogP contribution in [0.1, 0.15) is 18.4 Å². The number of carbonyl (C=O) groups is 2. The second kappa shape index (κ2) is 6.86. The molecule has 1 heterocycles. The highest BCUT2D eigenvalue weighted by Gasteiger charge is 2.21. The molecule has 1 aliphatic heterocycles. The molecule has 108 valence electrons. The lowest BCUT2D eigenvalue weighted by atomic mass is 10.00. The van der Waals surface area contributed by atoms with Gasteiger partial charge in [0.05, 0.1) is 6.54 Å². The zero-order valence-electron chi connectivity index (χ0n) is 11.6. The van der Waals surface area contributed by atoms with Gasteiger partial charge in [-0.05, 0) is 44.0 Å². The maximum absolute atomic E-state index is 12.0. The standard InChI is InChI=1S/C15H19ClN2O2/c1-11-4-5-13(7-14(11)16)17-15(20)9-18-6-2-3-12(8-18)10-19/h4-5,7,10,12H,2-3,6,8-9H2,1H3,(H,17,20). The molecule has 1 aliphatic rings. The maximum atomic E-state index is 12.0. The van der Waals surface area contributed by atoms with E-state index in [2.05, 4.69) is 5.32 Å². The van der Waals surface area contributed by atoms with E-state index in [1.165, 1.54) is 0 Å². The second-order valence-electron chi connectivity index (χ2n) is 5.29. The molecule has 1 N–H and O–H groups in total. The van der Waals surface area contributed by atoms with Crippen molar-refractivity contribution in [1.82, 2.24) is 4.90 Å². The van der Waals surface area contributed by atoms with Crippen molar-refractivity contribution in [3.63, 3.8) is 0 Å². The molecule has 1 aromatic rings. The Morgan fingerprint density at radius 1 is 1.55 bits per heavy atom. The van der Waals surface area contributed by atoms with Crippen molar-refractivity contribution in [2.24, 2.45) is 5.92 Å². The molecular formula is C15H19ClN2O2. The number of nitrogens with zero attached hydrogens (tertiary/aromatic N) is 1. The third-order valence-electron chi connectivity index (χ3n) is 3.56. The molecular weight excluding hydrogens is 276 g/mol. The molecule has 1 atom stereocenters. The molecule has 0 aliphatic carbocycles. The van der Waals surface area contributed by atoms with Crippen molar-refractivity contribution in [1.29, 1.82) is 0 Å². The van der Waals surface area contributed by atoms with E-state index >= 15 is 0 Å². The molecule has 1 aromatic carbocycles. The van der Waals surface area contributed by atoms with Gasteiger partial charge in [0, 0.05) is 23.2 Å². The Morgan fingerprint density at radius 3 is 3.05 bits per heavy atom. The number of benzene rings is 1. The van der Waals surface area contributed by atoms with Crippen LogP contribution in [0, 0.1) is 12.8 Å². The summed E-state index contributed by atoms with van der Waals surface area (Å²) in [5.41, 5.74) is 1.68. The largest absolute Gasteiger partial charge is 0.325 e. The van der Waals surface area contributed by atoms with E-state index in [0.717, 1.165) is 31.2 Å². The highest BCUT2D eigenvalue weighted by Crippen LogP contribution is 2.20. The maximum Gasteiger partial charge on any atom is 0.238 e. The smallest absolute Gasteiger partial charge is 0.238 e. The molecule has 1 fully saturated rings. The number of amides is 1. The summed E-state index contributed by atoms with van der Waals surface area (Å²) in [4.78, 5) is 24.8. The molecule has 2 rings (SSSR count). The molecule has 0 radical (unpaired) electrons. The molecule has 0 bridgehead atoms. The van der Waals surface area contributed by atoms with Crippen LogP contribution < -0.4 is 5.32 Å². The number of carbonyl (C=O) groups excluding carboxylic acids is 2. The molecule has 0 spiro atoms. The van der Waals surface area contributed by atoms with E-state index in [0.29, 0.717) is 23.8 Å². The summed E-state index contributed by atoms with van der Waals surface area (Å²) in [6.45, 7) is 3.77. The van der Waals surface area contributed by atoms with Crippen LogP contribution in [0.2, 0.25) is 5.02 Å². The van der Waals surface area contributed by atoms with Crippen LogP contribution >= 0.6 is 11.6 Å². The van der Waals surface area contributed by atoms with E-state index < -0.39 is 0 Å². The van der Waals surface area contributed by atoms with E-state index in [1.807, 2.05) is 24.0 Å². The zero-order chi connectivity index (χ0) is 14.5. The van der Waals surface area contributed by atoms with Gasteiger partial charge in [-0.25, -0.2) is 0 Å². The molecule has 4 nitrogen and oxygen atoms in total. The first-order valence-corrected chi connectivity index (χ1v) is 7.20. The Morgan fingerprint density at radius 2 is 2.35 bits per heavy atom. The number of likely N-dealkylation sites (tertiary alicyclic amines) is 1. The van der Waals surface area contributed by atoms with Crippen LogP contribution in [0.15, 0.2) is 18.2 Å². The quantitative estimate of drug-likeness (QED) is 0.868. The van der Waals surface area contributed by atoms with Gasteiger partial charge in [-0.2, -0.15) is 0 Å². The van der Waals surface area contributed by atoms with Crippen molar-refractivity contribution < 1.29 is 9.59 Å². The minimum atomic E-state index is -0.0727. The van der Waals surface area contributed by atoms with Gasteiger partial charge in [0.1, 0.15) is 6.29 Å². The number of aryl methyl sites for hydroxylation is 1. The van der Waals surface area contributed by atoms with Gasteiger partial charge in [0.25, 0.3) is 0 Å². The first kappa shape index (κ1) is 15.0. The van der Waals surface area contributed by atoms with Crippen molar-refractivity contribution >= 4 is 29.5 Å². The van der Waals surface area contributed by atoms with E-state index in [1.54, 1.807) is 6.07 Å². The third kappa shape index (κ3) is 4.05. The molecule has 1 saturated heterocycles. The normalized spacial score (nSPS) is 19.6. The summed E-state index contributed by atoms with van der Waals surface area (Å²) in [5.74, 6) is -0.0122. The highest BCUT2D eigenvalue weighted by atomic mass is 35.5. The Balaban J connectivity index is 1.88. The lowest BCUT2D eigenvalue weighted by molar-refractivity contribution is -0.119. The summed E-state index contributed by atoms with van der Waals surface area (Å²) in [7, 11) is 0. The van der Waals surface area contributed by atoms with E-state index in [-0.39, 0.29) is 11.8 Å². The van der Waals surface area contributed by atoms with Crippen LogP contribution in [0.3, 0.4) is 0 Å². The number of piperidine rings is 1. The van der Waals surface area contributed by atoms with Crippen LogP contribution in [-0.4, -0.2) is 36.7 Å². The van der Waals surface area contributed by atoms with Gasteiger partial charge in [0.2, 0.25) is 5.91 Å². The van der Waals surface area contributed by atoms with Crippen LogP contribution in [-0.2, 0) is 9.59 Å². The lowest BCUT2D eigenvalue weighted by Gasteiger charge is -2.29. The minimum absolute atomic E-state index is 0.0605. The summed E-state index contributed by atoms with van der Waals surface area (Å²) in [5, 5.41) is 3.48. The highest BCUT2D eigenvalue weighted by molar-refractivity contribution is 6.31. The Hall–Kier alpha value is -1.39.